The maximum atomic E-state index is 5.17. The van der Waals surface area contributed by atoms with Gasteiger partial charge in [0.1, 0.15) is 11.5 Å². The zero-order valence-corrected chi connectivity index (χ0v) is 24.2. The van der Waals surface area contributed by atoms with Gasteiger partial charge in [0, 0.05) is 21.9 Å². The van der Waals surface area contributed by atoms with Gasteiger partial charge in [0.05, 0.1) is 11.0 Å². The Kier molecular flexibility index (Phi) is 5.74. The van der Waals surface area contributed by atoms with Crippen LogP contribution in [0.15, 0.2) is 152 Å². The van der Waals surface area contributed by atoms with E-state index in [-0.39, 0.29) is 0 Å². The van der Waals surface area contributed by atoms with Crippen molar-refractivity contribution in [1.29, 1.82) is 0 Å². The average Bonchev–Trinajstić information content (AvgIpc) is 3.45. The number of nitrogens with zero attached hydrogens (tertiary/aromatic N) is 5. The first kappa shape index (κ1) is 25.3. The molecule has 210 valence electrons. The predicted octanol–water partition coefficient (Wildman–Crippen LogP) is 9.67. The molecule has 5 heteroatoms. The molecule has 0 radical (unpaired) electrons. The molecule has 0 spiro atoms. The Morgan fingerprint density at radius 3 is 1.42 bits per heavy atom. The van der Waals surface area contributed by atoms with Crippen molar-refractivity contribution in [2.45, 2.75) is 0 Å². The lowest BCUT2D eigenvalue weighted by Gasteiger charge is -2.11. The highest BCUT2D eigenvalue weighted by Gasteiger charge is 2.17. The first-order valence-corrected chi connectivity index (χ1v) is 15.0. The van der Waals surface area contributed by atoms with Gasteiger partial charge in [-0.25, -0.2) is 19.9 Å². The van der Waals surface area contributed by atoms with Crippen LogP contribution in [0.4, 0.5) is 0 Å². The molecule has 0 N–H and O–H groups in total. The van der Waals surface area contributed by atoms with Crippen molar-refractivity contribution in [3.63, 3.8) is 0 Å². The van der Waals surface area contributed by atoms with Crippen molar-refractivity contribution < 1.29 is 0 Å². The molecule has 6 aromatic carbocycles. The van der Waals surface area contributed by atoms with Crippen LogP contribution in [0.5, 0.6) is 0 Å². The van der Waals surface area contributed by atoms with E-state index in [1.54, 1.807) is 0 Å². The number of rotatable bonds is 4. The Balaban J connectivity index is 1.25. The van der Waals surface area contributed by atoms with Crippen LogP contribution in [-0.4, -0.2) is 24.5 Å². The third kappa shape index (κ3) is 4.33. The lowest BCUT2D eigenvalue weighted by Crippen LogP contribution is -2.03. The summed E-state index contributed by atoms with van der Waals surface area (Å²) in [6, 6.07) is 52.3. The predicted molar refractivity (Wildman–Crippen MR) is 183 cm³/mol. The van der Waals surface area contributed by atoms with Crippen molar-refractivity contribution >= 4 is 43.4 Å². The smallest absolute Gasteiger partial charge is 0.182 e. The number of hydrogen-bond donors (Lipinski definition) is 0. The zero-order valence-electron chi connectivity index (χ0n) is 24.2. The highest BCUT2D eigenvalue weighted by molar-refractivity contribution is 6.09. The largest absolute Gasteiger partial charge is 0.294 e. The van der Waals surface area contributed by atoms with Gasteiger partial charge in [0.2, 0.25) is 0 Å². The normalized spacial score (nSPS) is 11.6. The molecule has 0 aliphatic carbocycles. The van der Waals surface area contributed by atoms with Gasteiger partial charge in [-0.2, -0.15) is 0 Å². The molecule has 0 amide bonds. The summed E-state index contributed by atoms with van der Waals surface area (Å²) >= 11 is 0. The molecule has 45 heavy (non-hydrogen) atoms. The number of benzene rings is 6. The van der Waals surface area contributed by atoms with Gasteiger partial charge in [-0.3, -0.25) is 4.57 Å². The highest BCUT2D eigenvalue weighted by atomic mass is 15.1. The number of hydrogen-bond acceptors (Lipinski definition) is 4. The highest BCUT2D eigenvalue weighted by Crippen LogP contribution is 2.32. The van der Waals surface area contributed by atoms with Crippen LogP contribution in [0.2, 0.25) is 0 Å². The Morgan fingerprint density at radius 2 is 0.844 bits per heavy atom. The second-order valence-electron chi connectivity index (χ2n) is 11.2. The lowest BCUT2D eigenvalue weighted by atomic mass is 10.1. The molecule has 9 rings (SSSR count). The molecule has 0 aliphatic heterocycles. The van der Waals surface area contributed by atoms with E-state index in [1.165, 1.54) is 21.5 Å². The molecular formula is C40H25N5. The lowest BCUT2D eigenvalue weighted by molar-refractivity contribution is 1.03. The molecule has 0 atom stereocenters. The third-order valence-corrected chi connectivity index (χ3v) is 8.42. The van der Waals surface area contributed by atoms with Crippen LogP contribution in [-0.2, 0) is 0 Å². The molecule has 3 heterocycles. The average molecular weight is 576 g/mol. The van der Waals surface area contributed by atoms with Crippen molar-refractivity contribution in [1.82, 2.24) is 24.5 Å². The van der Waals surface area contributed by atoms with E-state index in [0.717, 1.165) is 38.8 Å². The molecule has 0 aliphatic rings. The van der Waals surface area contributed by atoms with E-state index in [2.05, 4.69) is 138 Å². The van der Waals surface area contributed by atoms with E-state index in [1.807, 2.05) is 18.2 Å². The maximum Gasteiger partial charge on any atom is 0.182 e. The standard InChI is InChI=1S/C40H25N5/c1-3-12-28-24-30(22-20-26(28)10-1)38-42-39(31-23-21-27-11-2-4-13-29(27)25-31)44-40(43-38)34-16-9-19-37(41-34)45-35-17-7-5-14-32(35)33-15-6-8-18-36(33)45/h1-25H. The Morgan fingerprint density at radius 1 is 0.356 bits per heavy atom. The summed E-state index contributed by atoms with van der Waals surface area (Å²) in [6.07, 6.45) is 0. The summed E-state index contributed by atoms with van der Waals surface area (Å²) in [6.45, 7) is 0. The van der Waals surface area contributed by atoms with E-state index in [4.69, 9.17) is 19.9 Å². The fraction of sp³-hybridized carbons (Fsp3) is 0. The molecule has 0 fully saturated rings. The van der Waals surface area contributed by atoms with E-state index >= 15 is 0 Å². The molecule has 0 unspecified atom stereocenters. The minimum Gasteiger partial charge on any atom is -0.294 e. The molecule has 0 saturated heterocycles. The molecular weight excluding hydrogens is 550 g/mol. The van der Waals surface area contributed by atoms with Crippen LogP contribution in [0, 0.1) is 0 Å². The zero-order chi connectivity index (χ0) is 29.7. The van der Waals surface area contributed by atoms with Gasteiger partial charge < -0.3 is 0 Å². The van der Waals surface area contributed by atoms with E-state index < -0.39 is 0 Å². The van der Waals surface area contributed by atoms with Crippen LogP contribution in [0.3, 0.4) is 0 Å². The van der Waals surface area contributed by atoms with Crippen LogP contribution in [0.25, 0.3) is 83.5 Å². The van der Waals surface area contributed by atoms with Crippen LogP contribution in [0.1, 0.15) is 0 Å². The first-order chi connectivity index (χ1) is 22.3. The van der Waals surface area contributed by atoms with Crippen molar-refractivity contribution in [3.05, 3.63) is 152 Å². The van der Waals surface area contributed by atoms with Gasteiger partial charge in [-0.1, -0.05) is 115 Å². The minimum atomic E-state index is 0.527. The fourth-order valence-corrected chi connectivity index (χ4v) is 6.25. The second-order valence-corrected chi connectivity index (χ2v) is 11.2. The van der Waals surface area contributed by atoms with Crippen molar-refractivity contribution in [3.8, 4) is 40.1 Å². The third-order valence-electron chi connectivity index (χ3n) is 8.42. The number of pyridine rings is 1. The Hall–Kier alpha value is -6.20. The van der Waals surface area contributed by atoms with Gasteiger partial charge in [0.15, 0.2) is 17.5 Å². The summed E-state index contributed by atoms with van der Waals surface area (Å²) in [5.74, 6) is 2.56. The van der Waals surface area contributed by atoms with Gasteiger partial charge in [-0.05, 0) is 57.9 Å². The van der Waals surface area contributed by atoms with E-state index in [0.29, 0.717) is 23.2 Å². The SMILES string of the molecule is c1cc(-c2nc(-c3ccc4ccccc4c3)nc(-c3ccc4ccccc4c3)n2)nc(-n2c3ccccc3c3ccccc32)c1. The minimum absolute atomic E-state index is 0.527. The van der Waals surface area contributed by atoms with Gasteiger partial charge in [0.25, 0.3) is 0 Å². The summed E-state index contributed by atoms with van der Waals surface area (Å²) < 4.78 is 2.21. The Bertz CT molecular complexity index is 2410. The van der Waals surface area contributed by atoms with Crippen LogP contribution < -0.4 is 0 Å². The summed E-state index contributed by atoms with van der Waals surface area (Å²) in [5.41, 5.74) is 4.75. The summed E-state index contributed by atoms with van der Waals surface area (Å²) in [4.78, 5) is 20.2. The monoisotopic (exact) mass is 575 g/mol. The second kappa shape index (κ2) is 10.2. The number of aromatic nitrogens is 5. The number of para-hydroxylation sites is 2. The molecule has 5 nitrogen and oxygen atoms in total. The Labute approximate surface area is 259 Å². The maximum absolute atomic E-state index is 5.17. The number of fused-ring (bicyclic) bond motifs is 5. The summed E-state index contributed by atoms with van der Waals surface area (Å²) in [7, 11) is 0. The van der Waals surface area contributed by atoms with Gasteiger partial charge >= 0.3 is 0 Å². The molecule has 0 saturated carbocycles. The van der Waals surface area contributed by atoms with Crippen molar-refractivity contribution in [2.24, 2.45) is 0 Å². The van der Waals surface area contributed by atoms with Gasteiger partial charge in [-0.15, -0.1) is 0 Å². The molecule has 9 aromatic rings. The van der Waals surface area contributed by atoms with Crippen LogP contribution >= 0.6 is 0 Å². The topological polar surface area (TPSA) is 56.5 Å². The first-order valence-electron chi connectivity index (χ1n) is 15.0. The quantitative estimate of drug-likeness (QED) is 0.210. The fourth-order valence-electron chi connectivity index (χ4n) is 6.25. The summed E-state index contributed by atoms with van der Waals surface area (Å²) in [5, 5.41) is 7.00. The van der Waals surface area contributed by atoms with Crippen molar-refractivity contribution in [2.75, 3.05) is 0 Å². The molecule has 0 bridgehead atoms. The molecule has 3 aromatic heterocycles. The van der Waals surface area contributed by atoms with E-state index in [9.17, 15) is 0 Å².